The second-order valence-corrected chi connectivity index (χ2v) is 7.02. The number of carbonyl (C=O) groups is 1. The summed E-state index contributed by atoms with van der Waals surface area (Å²) in [7, 11) is 0. The van der Waals surface area contributed by atoms with Crippen LogP contribution in [0, 0.1) is 5.92 Å². The third-order valence-electron chi connectivity index (χ3n) is 5.15. The molecule has 2 aliphatic rings. The van der Waals surface area contributed by atoms with Gasteiger partial charge in [-0.05, 0) is 25.3 Å². The van der Waals surface area contributed by atoms with Crippen molar-refractivity contribution < 1.29 is 9.32 Å². The van der Waals surface area contributed by atoms with Crippen molar-refractivity contribution in [3.8, 4) is 0 Å². The summed E-state index contributed by atoms with van der Waals surface area (Å²) in [5, 5.41) is 4.12. The van der Waals surface area contributed by atoms with E-state index in [2.05, 4.69) is 34.1 Å². The number of aromatic nitrogens is 2. The van der Waals surface area contributed by atoms with Crippen LogP contribution in [0.1, 0.15) is 43.1 Å². The van der Waals surface area contributed by atoms with Crippen LogP contribution >= 0.6 is 0 Å². The van der Waals surface area contributed by atoms with Crippen LogP contribution < -0.4 is 0 Å². The van der Waals surface area contributed by atoms with Crippen LogP contribution in [0.3, 0.4) is 0 Å². The summed E-state index contributed by atoms with van der Waals surface area (Å²) < 4.78 is 5.49. The molecule has 0 spiro atoms. The molecular weight excluding hydrogens is 316 g/mol. The first-order valence-electron chi connectivity index (χ1n) is 9.10. The highest BCUT2D eigenvalue weighted by Crippen LogP contribution is 2.31. The van der Waals surface area contributed by atoms with Gasteiger partial charge in [-0.15, -0.1) is 0 Å². The number of carbonyl (C=O) groups excluding carboxylic acids is 1. The fraction of sp³-hybridized carbons (Fsp3) is 0.526. The van der Waals surface area contributed by atoms with Crippen molar-refractivity contribution in [2.45, 2.75) is 32.2 Å². The maximum absolute atomic E-state index is 12.2. The minimum Gasteiger partial charge on any atom is -0.340 e. The average molecular weight is 340 g/mol. The molecule has 4 rings (SSSR count). The summed E-state index contributed by atoms with van der Waals surface area (Å²) >= 11 is 0. The normalized spacial score (nSPS) is 19.8. The second-order valence-electron chi connectivity index (χ2n) is 7.02. The Kier molecular flexibility index (Phi) is 4.53. The van der Waals surface area contributed by atoms with Crippen LogP contribution in [-0.2, 0) is 11.2 Å². The summed E-state index contributed by atoms with van der Waals surface area (Å²) in [6, 6.07) is 10.2. The lowest BCUT2D eigenvalue weighted by molar-refractivity contribution is -0.134. The van der Waals surface area contributed by atoms with E-state index in [0.29, 0.717) is 24.1 Å². The van der Waals surface area contributed by atoms with Crippen molar-refractivity contribution in [1.29, 1.82) is 0 Å². The predicted molar refractivity (Wildman–Crippen MR) is 92.8 cm³/mol. The molecule has 2 fully saturated rings. The minimum atomic E-state index is 0.0789. The van der Waals surface area contributed by atoms with Gasteiger partial charge in [0.1, 0.15) is 0 Å². The predicted octanol–water partition coefficient (Wildman–Crippen LogP) is 2.28. The van der Waals surface area contributed by atoms with Gasteiger partial charge in [-0.2, -0.15) is 4.98 Å². The summed E-state index contributed by atoms with van der Waals surface area (Å²) in [5.74, 6) is 2.03. The molecule has 1 aliphatic carbocycles. The molecule has 132 valence electrons. The molecule has 0 bridgehead atoms. The van der Waals surface area contributed by atoms with Crippen molar-refractivity contribution in [3.63, 3.8) is 0 Å². The monoisotopic (exact) mass is 340 g/mol. The first-order valence-corrected chi connectivity index (χ1v) is 9.10. The lowest BCUT2D eigenvalue weighted by Gasteiger charge is -2.36. The molecule has 2 heterocycles. The van der Waals surface area contributed by atoms with E-state index in [0.717, 1.165) is 44.8 Å². The molecule has 0 N–H and O–H groups in total. The second kappa shape index (κ2) is 6.96. The van der Waals surface area contributed by atoms with Crippen molar-refractivity contribution in [2.75, 3.05) is 26.2 Å². The Hall–Kier alpha value is -2.21. The first kappa shape index (κ1) is 16.3. The quantitative estimate of drug-likeness (QED) is 0.835. The summed E-state index contributed by atoms with van der Waals surface area (Å²) in [6.45, 7) is 5.40. The summed E-state index contributed by atoms with van der Waals surface area (Å²) in [5.41, 5.74) is 1.18. The Morgan fingerprint density at radius 3 is 2.60 bits per heavy atom. The van der Waals surface area contributed by atoms with E-state index in [9.17, 15) is 4.79 Å². The summed E-state index contributed by atoms with van der Waals surface area (Å²) in [4.78, 5) is 21.0. The van der Waals surface area contributed by atoms with Gasteiger partial charge in [-0.25, -0.2) is 0 Å². The highest BCUT2D eigenvalue weighted by Gasteiger charge is 2.35. The average Bonchev–Trinajstić information content (AvgIpc) is 3.41. The number of piperazine rings is 1. The molecule has 1 atom stereocenters. The van der Waals surface area contributed by atoms with Crippen LogP contribution in [0.15, 0.2) is 34.9 Å². The smallest absolute Gasteiger partial charge is 0.243 e. The van der Waals surface area contributed by atoms with E-state index in [1.165, 1.54) is 5.56 Å². The van der Waals surface area contributed by atoms with Gasteiger partial charge >= 0.3 is 0 Å². The molecule has 1 saturated heterocycles. The Morgan fingerprint density at radius 2 is 1.92 bits per heavy atom. The molecular formula is C19H24N4O2. The standard InChI is InChI=1S/C19H24N4O2/c1-14(22-9-11-23(12-10-22)19(24)16-7-8-16)18-20-17(21-25-18)13-15-5-3-2-4-6-15/h2-6,14,16H,7-13H2,1H3/t14-/m0/s1. The van der Waals surface area contributed by atoms with Gasteiger partial charge < -0.3 is 9.42 Å². The van der Waals surface area contributed by atoms with Gasteiger partial charge in [0.15, 0.2) is 5.82 Å². The van der Waals surface area contributed by atoms with E-state index < -0.39 is 0 Å². The number of hydrogen-bond acceptors (Lipinski definition) is 5. The molecule has 1 saturated carbocycles. The van der Waals surface area contributed by atoms with Gasteiger partial charge in [0.05, 0.1) is 6.04 Å². The van der Waals surface area contributed by atoms with Gasteiger partial charge in [0, 0.05) is 38.5 Å². The molecule has 1 amide bonds. The van der Waals surface area contributed by atoms with Gasteiger partial charge in [-0.1, -0.05) is 35.5 Å². The minimum absolute atomic E-state index is 0.0789. The topological polar surface area (TPSA) is 62.5 Å². The van der Waals surface area contributed by atoms with Crippen molar-refractivity contribution in [2.24, 2.45) is 5.92 Å². The summed E-state index contributed by atoms with van der Waals surface area (Å²) in [6.07, 6.45) is 2.82. The van der Waals surface area contributed by atoms with Crippen LogP contribution in [0.5, 0.6) is 0 Å². The highest BCUT2D eigenvalue weighted by atomic mass is 16.5. The Morgan fingerprint density at radius 1 is 1.20 bits per heavy atom. The van der Waals surface area contributed by atoms with E-state index in [-0.39, 0.29) is 6.04 Å². The number of benzene rings is 1. The zero-order valence-electron chi connectivity index (χ0n) is 14.6. The maximum Gasteiger partial charge on any atom is 0.243 e. The largest absolute Gasteiger partial charge is 0.340 e. The SMILES string of the molecule is C[C@@H](c1nc(Cc2ccccc2)no1)N1CCN(C(=O)C2CC2)CC1. The number of nitrogens with zero attached hydrogens (tertiary/aromatic N) is 4. The van der Waals surface area contributed by atoms with Gasteiger partial charge in [0.25, 0.3) is 0 Å². The Labute approximate surface area is 147 Å². The van der Waals surface area contributed by atoms with E-state index in [4.69, 9.17) is 4.52 Å². The number of amides is 1. The fourth-order valence-electron chi connectivity index (χ4n) is 3.36. The third kappa shape index (κ3) is 3.74. The lowest BCUT2D eigenvalue weighted by Crippen LogP contribution is -2.49. The van der Waals surface area contributed by atoms with E-state index in [1.807, 2.05) is 23.1 Å². The molecule has 6 nitrogen and oxygen atoms in total. The van der Waals surface area contributed by atoms with Crippen LogP contribution in [0.4, 0.5) is 0 Å². The van der Waals surface area contributed by atoms with Crippen LogP contribution in [0.25, 0.3) is 0 Å². The molecule has 2 aromatic rings. The van der Waals surface area contributed by atoms with Crippen molar-refractivity contribution in [1.82, 2.24) is 19.9 Å². The zero-order chi connectivity index (χ0) is 17.2. The Balaban J connectivity index is 1.34. The first-order chi connectivity index (χ1) is 12.2. The molecule has 1 aromatic heterocycles. The molecule has 1 aliphatic heterocycles. The fourth-order valence-corrected chi connectivity index (χ4v) is 3.36. The number of hydrogen-bond donors (Lipinski definition) is 0. The maximum atomic E-state index is 12.2. The van der Waals surface area contributed by atoms with Crippen molar-refractivity contribution in [3.05, 3.63) is 47.6 Å². The molecule has 0 unspecified atom stereocenters. The highest BCUT2D eigenvalue weighted by molar-refractivity contribution is 5.81. The molecule has 0 radical (unpaired) electrons. The molecule has 25 heavy (non-hydrogen) atoms. The molecule has 6 heteroatoms. The lowest BCUT2D eigenvalue weighted by atomic mass is 10.1. The van der Waals surface area contributed by atoms with Gasteiger partial charge in [-0.3, -0.25) is 9.69 Å². The van der Waals surface area contributed by atoms with E-state index in [1.54, 1.807) is 0 Å². The van der Waals surface area contributed by atoms with Gasteiger partial charge in [0.2, 0.25) is 11.8 Å². The number of rotatable bonds is 5. The van der Waals surface area contributed by atoms with Crippen LogP contribution in [0.2, 0.25) is 0 Å². The zero-order valence-corrected chi connectivity index (χ0v) is 14.6. The third-order valence-corrected chi connectivity index (χ3v) is 5.15. The Bertz CT molecular complexity index is 718. The van der Waals surface area contributed by atoms with E-state index >= 15 is 0 Å². The van der Waals surface area contributed by atoms with Crippen LogP contribution in [-0.4, -0.2) is 52.0 Å². The molecule has 1 aromatic carbocycles. The van der Waals surface area contributed by atoms with Crippen molar-refractivity contribution >= 4 is 5.91 Å².